The van der Waals surface area contributed by atoms with Gasteiger partial charge in [-0.2, -0.15) is 0 Å². The molecule has 1 aliphatic rings. The smallest absolute Gasteiger partial charge is 0.163 e. The molecule has 1 saturated carbocycles. The van der Waals surface area contributed by atoms with E-state index >= 15 is 0 Å². The zero-order chi connectivity index (χ0) is 23.8. The minimum atomic E-state index is -0.178. The highest BCUT2D eigenvalue weighted by Gasteiger charge is 2.34. The van der Waals surface area contributed by atoms with E-state index in [0.717, 1.165) is 52.9 Å². The van der Waals surface area contributed by atoms with Crippen molar-refractivity contribution in [2.45, 2.75) is 51.5 Å². The van der Waals surface area contributed by atoms with E-state index in [4.69, 9.17) is 15.7 Å². The minimum Gasteiger partial charge on any atom is -0.396 e. The molecular weight excluding hydrogens is 420 g/mol. The Morgan fingerprint density at radius 3 is 2.35 bits per heavy atom. The summed E-state index contributed by atoms with van der Waals surface area (Å²) in [6.45, 7) is 4.24. The number of rotatable bonds is 7. The van der Waals surface area contributed by atoms with Crippen LogP contribution in [-0.2, 0) is 12.0 Å². The van der Waals surface area contributed by atoms with Crippen LogP contribution in [0.4, 0.5) is 0 Å². The molecule has 2 aromatic heterocycles. The highest BCUT2D eigenvalue weighted by molar-refractivity contribution is 5.89. The molecule has 1 aliphatic carbocycles. The molecule has 0 radical (unpaired) electrons. The Kier molecular flexibility index (Phi) is 5.92. The quantitative estimate of drug-likeness (QED) is 0.379. The summed E-state index contributed by atoms with van der Waals surface area (Å²) in [6.07, 6.45) is 6.66. The van der Waals surface area contributed by atoms with Crippen LogP contribution in [0.2, 0.25) is 0 Å². The molecule has 5 heteroatoms. The van der Waals surface area contributed by atoms with Crippen molar-refractivity contribution in [2.75, 3.05) is 6.61 Å². The molecule has 3 N–H and O–H groups in total. The van der Waals surface area contributed by atoms with Crippen LogP contribution in [0.3, 0.4) is 0 Å². The van der Waals surface area contributed by atoms with Crippen LogP contribution in [0.1, 0.15) is 50.9 Å². The van der Waals surface area contributed by atoms with Crippen LogP contribution < -0.4 is 5.73 Å². The summed E-state index contributed by atoms with van der Waals surface area (Å²) in [5, 5.41) is 10.5. The number of nitrogens with two attached hydrogens (primary N) is 1. The summed E-state index contributed by atoms with van der Waals surface area (Å²) in [5.74, 6) is 0.755. The Balaban J connectivity index is 1.57. The number of aliphatic hydroxyl groups is 1. The lowest BCUT2D eigenvalue weighted by atomic mass is 9.72. The first-order valence-electron chi connectivity index (χ1n) is 12.1. The van der Waals surface area contributed by atoms with E-state index < -0.39 is 0 Å². The summed E-state index contributed by atoms with van der Waals surface area (Å²) < 4.78 is 0. The van der Waals surface area contributed by atoms with E-state index in [1.807, 2.05) is 24.4 Å². The third kappa shape index (κ3) is 4.46. The number of nitrogens with zero attached hydrogens (tertiary/aromatic N) is 3. The summed E-state index contributed by atoms with van der Waals surface area (Å²) in [4.78, 5) is 14.4. The number of aryl methyl sites for hydroxylation is 1. The normalized spacial score (nSPS) is 15.3. The summed E-state index contributed by atoms with van der Waals surface area (Å²) in [5.41, 5.74) is 12.2. The molecule has 0 saturated heterocycles. The first-order valence-corrected chi connectivity index (χ1v) is 12.1. The number of fused-ring (bicyclic) bond motifs is 1. The lowest BCUT2D eigenvalue weighted by Crippen LogP contribution is -2.43. The van der Waals surface area contributed by atoms with Gasteiger partial charge in [0.1, 0.15) is 5.82 Å². The molecule has 1 fully saturated rings. The number of pyridine rings is 1. The average molecular weight is 453 g/mol. The van der Waals surface area contributed by atoms with Crippen LogP contribution in [0, 0.1) is 5.41 Å². The lowest BCUT2D eigenvalue weighted by Gasteiger charge is -2.38. The van der Waals surface area contributed by atoms with E-state index in [-0.39, 0.29) is 17.6 Å². The molecule has 2 aromatic carbocycles. The third-order valence-electron chi connectivity index (χ3n) is 7.14. The number of benzene rings is 2. The van der Waals surface area contributed by atoms with E-state index in [2.05, 4.69) is 61.3 Å². The van der Waals surface area contributed by atoms with Gasteiger partial charge in [0, 0.05) is 41.3 Å². The maximum absolute atomic E-state index is 9.57. The molecule has 0 amide bonds. The zero-order valence-corrected chi connectivity index (χ0v) is 20.0. The van der Waals surface area contributed by atoms with Gasteiger partial charge >= 0.3 is 0 Å². The second kappa shape index (κ2) is 8.90. The van der Waals surface area contributed by atoms with Crippen molar-refractivity contribution in [3.8, 4) is 22.4 Å². The molecule has 174 valence electrons. The maximum Gasteiger partial charge on any atom is 0.163 e. The van der Waals surface area contributed by atoms with Gasteiger partial charge in [-0.3, -0.25) is 0 Å². The van der Waals surface area contributed by atoms with Crippen molar-refractivity contribution in [2.24, 2.45) is 11.1 Å². The van der Waals surface area contributed by atoms with Crippen molar-refractivity contribution in [1.82, 2.24) is 15.0 Å². The molecule has 5 rings (SSSR count). The molecule has 0 aliphatic heterocycles. The first kappa shape index (κ1) is 22.6. The second-order valence-corrected chi connectivity index (χ2v) is 10.4. The van der Waals surface area contributed by atoms with Gasteiger partial charge < -0.3 is 10.8 Å². The van der Waals surface area contributed by atoms with Gasteiger partial charge in [0.05, 0.1) is 5.69 Å². The molecule has 0 atom stereocenters. The van der Waals surface area contributed by atoms with Gasteiger partial charge in [0.2, 0.25) is 0 Å². The van der Waals surface area contributed by atoms with Gasteiger partial charge in [-0.05, 0) is 48.3 Å². The van der Waals surface area contributed by atoms with Crippen LogP contribution >= 0.6 is 0 Å². The van der Waals surface area contributed by atoms with Crippen LogP contribution in [-0.4, -0.2) is 26.7 Å². The standard InChI is InChI=1S/C29H32N4O/c1-28(2,19-34)16-13-25-31-18-22-17-24(20-7-4-3-5-8-20)26(33-27(22)32-25)21-9-11-23(12-10-21)29(30)14-6-15-29/h3-5,7-12,17-18,34H,6,13-16,19,30H2,1-2H3. The van der Waals surface area contributed by atoms with Gasteiger partial charge in [-0.25, -0.2) is 15.0 Å². The van der Waals surface area contributed by atoms with E-state index in [9.17, 15) is 5.11 Å². The Bertz CT molecular complexity index is 1300. The first-order chi connectivity index (χ1) is 16.4. The fraction of sp³-hybridized carbons (Fsp3) is 0.345. The summed E-state index contributed by atoms with van der Waals surface area (Å²) in [7, 11) is 0. The van der Waals surface area contributed by atoms with Gasteiger partial charge in [-0.1, -0.05) is 68.4 Å². The number of hydrogen-bond donors (Lipinski definition) is 2. The molecule has 0 unspecified atom stereocenters. The molecule has 4 aromatic rings. The Morgan fingerprint density at radius 2 is 1.71 bits per heavy atom. The number of aliphatic hydroxyl groups excluding tert-OH is 1. The Labute approximate surface area is 201 Å². The van der Waals surface area contributed by atoms with E-state index in [0.29, 0.717) is 12.1 Å². The number of aromatic nitrogens is 3. The van der Waals surface area contributed by atoms with Gasteiger partial charge in [0.25, 0.3) is 0 Å². The minimum absolute atomic E-state index is 0.142. The Morgan fingerprint density at radius 1 is 0.971 bits per heavy atom. The van der Waals surface area contributed by atoms with E-state index in [1.165, 1.54) is 12.0 Å². The molecule has 2 heterocycles. The third-order valence-corrected chi connectivity index (χ3v) is 7.14. The maximum atomic E-state index is 9.57. The fourth-order valence-electron chi connectivity index (χ4n) is 4.51. The van der Waals surface area contributed by atoms with Crippen molar-refractivity contribution < 1.29 is 5.11 Å². The fourth-order valence-corrected chi connectivity index (χ4v) is 4.51. The zero-order valence-electron chi connectivity index (χ0n) is 20.0. The molecule has 0 spiro atoms. The molecule has 34 heavy (non-hydrogen) atoms. The topological polar surface area (TPSA) is 84.9 Å². The summed E-state index contributed by atoms with van der Waals surface area (Å²) in [6, 6.07) is 21.0. The largest absolute Gasteiger partial charge is 0.396 e. The monoisotopic (exact) mass is 452 g/mol. The predicted molar refractivity (Wildman–Crippen MR) is 137 cm³/mol. The van der Waals surface area contributed by atoms with Crippen molar-refractivity contribution >= 4 is 11.0 Å². The van der Waals surface area contributed by atoms with Crippen molar-refractivity contribution in [1.29, 1.82) is 0 Å². The van der Waals surface area contributed by atoms with Crippen molar-refractivity contribution in [3.63, 3.8) is 0 Å². The average Bonchev–Trinajstić information content (AvgIpc) is 2.86. The van der Waals surface area contributed by atoms with Gasteiger partial charge in [-0.15, -0.1) is 0 Å². The summed E-state index contributed by atoms with van der Waals surface area (Å²) >= 11 is 0. The van der Waals surface area contributed by atoms with Crippen LogP contribution in [0.15, 0.2) is 66.9 Å². The molecular formula is C29H32N4O. The van der Waals surface area contributed by atoms with Crippen LogP contribution in [0.5, 0.6) is 0 Å². The molecule has 5 nitrogen and oxygen atoms in total. The highest BCUT2D eigenvalue weighted by Crippen LogP contribution is 2.40. The second-order valence-electron chi connectivity index (χ2n) is 10.4. The predicted octanol–water partition coefficient (Wildman–Crippen LogP) is 5.65. The number of hydrogen-bond acceptors (Lipinski definition) is 5. The van der Waals surface area contributed by atoms with E-state index in [1.54, 1.807) is 0 Å². The lowest BCUT2D eigenvalue weighted by molar-refractivity contribution is 0.150. The van der Waals surface area contributed by atoms with Crippen LogP contribution in [0.25, 0.3) is 33.4 Å². The molecule has 0 bridgehead atoms. The SMILES string of the molecule is CC(C)(CO)CCc1ncc2cc(-c3ccccc3)c(-c3ccc(C4(N)CCC4)cc3)nc2n1. The van der Waals surface area contributed by atoms with Gasteiger partial charge in [0.15, 0.2) is 5.65 Å². The highest BCUT2D eigenvalue weighted by atomic mass is 16.3. The van der Waals surface area contributed by atoms with Crippen molar-refractivity contribution in [3.05, 3.63) is 78.2 Å². The Hall–Kier alpha value is -3.15.